The number of ether oxygens (including phenoxy) is 1. The van der Waals surface area contributed by atoms with E-state index in [0.29, 0.717) is 25.1 Å². The average molecular weight is 283 g/mol. The van der Waals surface area contributed by atoms with Crippen molar-refractivity contribution in [3.63, 3.8) is 0 Å². The number of hydrogen-bond donors (Lipinski definition) is 2. The van der Waals surface area contributed by atoms with Crippen LogP contribution in [-0.2, 0) is 16.1 Å². The molecule has 1 aromatic rings. The third-order valence-electron chi connectivity index (χ3n) is 3.26. The fourth-order valence-electron chi connectivity index (χ4n) is 2.24. The Labute approximate surface area is 117 Å². The van der Waals surface area contributed by atoms with Gasteiger partial charge < -0.3 is 24.7 Å². The van der Waals surface area contributed by atoms with Crippen LogP contribution >= 0.6 is 0 Å². The molecule has 2 N–H and O–H groups in total. The molecule has 1 unspecified atom stereocenters. The van der Waals surface area contributed by atoms with Crippen LogP contribution in [0, 0.1) is 0 Å². The second-order valence-corrected chi connectivity index (χ2v) is 4.61. The molecule has 0 aliphatic carbocycles. The third kappa shape index (κ3) is 3.45. The summed E-state index contributed by atoms with van der Waals surface area (Å²) < 4.78 is 10.5. The van der Waals surface area contributed by atoms with Crippen molar-refractivity contribution in [2.45, 2.75) is 25.4 Å². The number of carbonyl (C=O) groups excluding carboxylic acids is 1. The van der Waals surface area contributed by atoms with Gasteiger partial charge in [-0.05, 0) is 12.8 Å². The average Bonchev–Trinajstić information content (AvgIpc) is 3.11. The van der Waals surface area contributed by atoms with E-state index in [1.807, 2.05) is 4.90 Å². The summed E-state index contributed by atoms with van der Waals surface area (Å²) in [5.74, 6) is 0.499. The molecule has 1 fully saturated rings. The largest absolute Gasteiger partial charge is 0.407 e. The zero-order chi connectivity index (χ0) is 14.4. The molecular weight excluding hydrogens is 262 g/mol. The van der Waals surface area contributed by atoms with Gasteiger partial charge in [-0.1, -0.05) is 5.10 Å². The zero-order valence-corrected chi connectivity index (χ0v) is 11.9. The van der Waals surface area contributed by atoms with Gasteiger partial charge in [-0.25, -0.2) is 0 Å². The fourth-order valence-corrected chi connectivity index (χ4v) is 2.24. The van der Waals surface area contributed by atoms with Crippen molar-refractivity contribution in [3.8, 4) is 0 Å². The standard InChI is InChI=1S/C12H21N5O3/c1-13-11(18)9-4-3-6-17(9)12-16-15-10(20-12)8-14-5-7-19-2/h9,14H,3-8H2,1-2H3,(H,13,18). The number of rotatable bonds is 7. The highest BCUT2D eigenvalue weighted by Crippen LogP contribution is 2.24. The molecule has 0 radical (unpaired) electrons. The molecule has 0 aromatic carbocycles. The number of aromatic nitrogens is 2. The van der Waals surface area contributed by atoms with E-state index in [4.69, 9.17) is 9.15 Å². The molecule has 2 heterocycles. The Balaban J connectivity index is 1.92. The van der Waals surface area contributed by atoms with E-state index in [1.54, 1.807) is 14.2 Å². The number of methoxy groups -OCH3 is 1. The number of carbonyl (C=O) groups is 1. The molecule has 2 rings (SSSR count). The quantitative estimate of drug-likeness (QED) is 0.653. The number of nitrogens with zero attached hydrogens (tertiary/aromatic N) is 3. The second-order valence-electron chi connectivity index (χ2n) is 4.61. The molecule has 8 heteroatoms. The van der Waals surface area contributed by atoms with E-state index in [1.165, 1.54) is 0 Å². The monoisotopic (exact) mass is 283 g/mol. The molecule has 1 aromatic heterocycles. The Morgan fingerprint density at radius 3 is 3.15 bits per heavy atom. The predicted molar refractivity (Wildman–Crippen MR) is 72.3 cm³/mol. The molecule has 0 spiro atoms. The first-order valence-electron chi connectivity index (χ1n) is 6.76. The first-order chi connectivity index (χ1) is 9.76. The van der Waals surface area contributed by atoms with E-state index < -0.39 is 0 Å². The summed E-state index contributed by atoms with van der Waals surface area (Å²) in [7, 11) is 3.29. The van der Waals surface area contributed by atoms with Crippen molar-refractivity contribution in [1.82, 2.24) is 20.8 Å². The summed E-state index contributed by atoms with van der Waals surface area (Å²) in [6.45, 7) is 2.61. The Morgan fingerprint density at radius 2 is 2.40 bits per heavy atom. The first kappa shape index (κ1) is 14.7. The lowest BCUT2D eigenvalue weighted by molar-refractivity contribution is -0.121. The molecule has 1 aliphatic heterocycles. The van der Waals surface area contributed by atoms with Crippen molar-refractivity contribution in [2.24, 2.45) is 0 Å². The highest BCUT2D eigenvalue weighted by molar-refractivity contribution is 5.84. The molecule has 112 valence electrons. The third-order valence-corrected chi connectivity index (χ3v) is 3.26. The maximum Gasteiger partial charge on any atom is 0.318 e. The summed E-state index contributed by atoms with van der Waals surface area (Å²) in [6.07, 6.45) is 1.76. The van der Waals surface area contributed by atoms with Crippen LogP contribution in [0.25, 0.3) is 0 Å². The topological polar surface area (TPSA) is 92.5 Å². The van der Waals surface area contributed by atoms with Gasteiger partial charge in [-0.2, -0.15) is 0 Å². The summed E-state index contributed by atoms with van der Waals surface area (Å²) in [5, 5.41) is 13.8. The molecule has 0 saturated carbocycles. The van der Waals surface area contributed by atoms with Crippen molar-refractivity contribution in [3.05, 3.63) is 5.89 Å². The van der Waals surface area contributed by atoms with Gasteiger partial charge in [0.25, 0.3) is 0 Å². The number of hydrogen-bond acceptors (Lipinski definition) is 7. The van der Waals surface area contributed by atoms with Crippen LogP contribution in [0.5, 0.6) is 0 Å². The van der Waals surface area contributed by atoms with Crippen LogP contribution in [-0.4, -0.2) is 56.0 Å². The maximum absolute atomic E-state index is 11.8. The molecule has 1 saturated heterocycles. The maximum atomic E-state index is 11.8. The number of amides is 1. The molecule has 1 atom stereocenters. The number of likely N-dealkylation sites (N-methyl/N-ethyl adjacent to an activating group) is 1. The summed E-state index contributed by atoms with van der Waals surface area (Å²) >= 11 is 0. The van der Waals surface area contributed by atoms with E-state index >= 15 is 0 Å². The van der Waals surface area contributed by atoms with Gasteiger partial charge in [-0.15, -0.1) is 5.10 Å². The summed E-state index contributed by atoms with van der Waals surface area (Å²) in [4.78, 5) is 13.6. The van der Waals surface area contributed by atoms with Crippen molar-refractivity contribution in [2.75, 3.05) is 38.8 Å². The van der Waals surface area contributed by atoms with E-state index in [0.717, 1.165) is 25.9 Å². The van der Waals surface area contributed by atoms with Crippen LogP contribution in [0.4, 0.5) is 6.01 Å². The SMILES string of the molecule is CNC(=O)C1CCCN1c1nnc(CNCCOC)o1. The number of anilines is 1. The van der Waals surface area contributed by atoms with Gasteiger partial charge >= 0.3 is 6.01 Å². The van der Waals surface area contributed by atoms with Gasteiger partial charge in [0.15, 0.2) is 0 Å². The van der Waals surface area contributed by atoms with Crippen LogP contribution < -0.4 is 15.5 Å². The Bertz CT molecular complexity index is 436. The minimum absolute atomic E-state index is 0.0135. The highest BCUT2D eigenvalue weighted by Gasteiger charge is 2.33. The minimum atomic E-state index is -0.213. The molecule has 1 amide bonds. The predicted octanol–water partition coefficient (Wildman–Crippen LogP) is -0.480. The van der Waals surface area contributed by atoms with Crippen molar-refractivity contribution < 1.29 is 13.9 Å². The summed E-state index contributed by atoms with van der Waals surface area (Å²) in [6, 6.07) is 0.203. The van der Waals surface area contributed by atoms with Gasteiger partial charge in [0.1, 0.15) is 6.04 Å². The first-order valence-corrected chi connectivity index (χ1v) is 6.76. The van der Waals surface area contributed by atoms with Gasteiger partial charge in [-0.3, -0.25) is 4.79 Å². The van der Waals surface area contributed by atoms with E-state index in [2.05, 4.69) is 20.8 Å². The summed E-state index contributed by atoms with van der Waals surface area (Å²) in [5.41, 5.74) is 0. The van der Waals surface area contributed by atoms with Gasteiger partial charge in [0.2, 0.25) is 11.8 Å². The minimum Gasteiger partial charge on any atom is -0.407 e. The molecule has 8 nitrogen and oxygen atoms in total. The van der Waals surface area contributed by atoms with Crippen LogP contribution in [0.2, 0.25) is 0 Å². The van der Waals surface area contributed by atoms with E-state index in [-0.39, 0.29) is 11.9 Å². The number of nitrogens with one attached hydrogen (secondary N) is 2. The lowest BCUT2D eigenvalue weighted by atomic mass is 10.2. The Hall–Kier alpha value is -1.67. The van der Waals surface area contributed by atoms with Crippen molar-refractivity contribution >= 4 is 11.9 Å². The fraction of sp³-hybridized carbons (Fsp3) is 0.750. The lowest BCUT2D eigenvalue weighted by Gasteiger charge is -2.20. The van der Waals surface area contributed by atoms with Crippen molar-refractivity contribution in [1.29, 1.82) is 0 Å². The highest BCUT2D eigenvalue weighted by atomic mass is 16.5. The van der Waals surface area contributed by atoms with Crippen LogP contribution in [0.3, 0.4) is 0 Å². The molecule has 0 bridgehead atoms. The molecule has 1 aliphatic rings. The van der Waals surface area contributed by atoms with Gasteiger partial charge in [0, 0.05) is 27.2 Å². The van der Waals surface area contributed by atoms with Gasteiger partial charge in [0.05, 0.1) is 13.2 Å². The molecule has 20 heavy (non-hydrogen) atoms. The van der Waals surface area contributed by atoms with E-state index in [9.17, 15) is 4.79 Å². The van der Waals surface area contributed by atoms with Crippen LogP contribution in [0.15, 0.2) is 4.42 Å². The Kier molecular flexibility index (Phi) is 5.31. The Morgan fingerprint density at radius 1 is 1.55 bits per heavy atom. The lowest BCUT2D eigenvalue weighted by Crippen LogP contribution is -2.42. The van der Waals surface area contributed by atoms with Crippen LogP contribution in [0.1, 0.15) is 18.7 Å². The normalized spacial score (nSPS) is 18.5. The molecular formula is C12H21N5O3. The zero-order valence-electron chi connectivity index (χ0n) is 11.9. The smallest absolute Gasteiger partial charge is 0.318 e. The second kappa shape index (κ2) is 7.20.